The minimum atomic E-state index is -1.62. The summed E-state index contributed by atoms with van der Waals surface area (Å²) < 4.78 is 17.7. The Balaban J connectivity index is 2.56. The van der Waals surface area contributed by atoms with Gasteiger partial charge in [0, 0.05) is 6.42 Å². The van der Waals surface area contributed by atoms with Crippen LogP contribution in [0.3, 0.4) is 0 Å². The predicted octanol–water partition coefficient (Wildman–Crippen LogP) is 18.9. The Labute approximate surface area is 528 Å². The first-order chi connectivity index (χ1) is 42.2. The van der Waals surface area contributed by atoms with Crippen LogP contribution in [0.4, 0.5) is 0 Å². The molecule has 502 valence electrons. The van der Waals surface area contributed by atoms with Crippen LogP contribution >= 0.6 is 0 Å². The molecule has 0 saturated carbocycles. The lowest BCUT2D eigenvalue weighted by Gasteiger charge is -2.41. The number of nitrogens with one attached hydrogen (secondary N) is 1. The summed E-state index contributed by atoms with van der Waals surface area (Å²) in [6.45, 7) is 5.80. The fourth-order valence-corrected chi connectivity index (χ4v) is 11.4. The molecule has 8 atom stereocenters. The lowest BCUT2D eigenvalue weighted by atomic mass is 9.99. The van der Waals surface area contributed by atoms with E-state index < -0.39 is 67.4 Å². The van der Waals surface area contributed by atoms with Gasteiger partial charge in [-0.25, -0.2) is 0 Å². The summed E-state index contributed by atoms with van der Waals surface area (Å²) in [6.07, 6.45) is 69.8. The smallest absolute Gasteiger partial charge is 0.306 e. The van der Waals surface area contributed by atoms with Gasteiger partial charge in [-0.15, -0.1) is 0 Å². The number of amides is 1. The number of rotatable bonds is 63. The van der Waals surface area contributed by atoms with Gasteiger partial charge in [0.2, 0.25) is 5.91 Å². The number of hydrogen-bond acceptors (Lipinski definition) is 10. The number of carbonyl (C=O) groups excluding carboxylic acids is 2. The van der Waals surface area contributed by atoms with Crippen LogP contribution in [0.1, 0.15) is 342 Å². The van der Waals surface area contributed by atoms with E-state index >= 15 is 0 Å². The molecule has 1 amide bonds. The zero-order valence-corrected chi connectivity index (χ0v) is 55.9. The van der Waals surface area contributed by atoms with Gasteiger partial charge in [0.1, 0.15) is 24.4 Å². The van der Waals surface area contributed by atoms with E-state index in [0.717, 1.165) is 83.5 Å². The van der Waals surface area contributed by atoms with Crippen LogP contribution in [0, 0.1) is 0 Å². The van der Waals surface area contributed by atoms with Crippen molar-refractivity contribution in [2.75, 3.05) is 13.2 Å². The fraction of sp³-hybridized carbons (Fsp3) is 0.840. The van der Waals surface area contributed by atoms with Gasteiger partial charge in [-0.05, 0) is 70.6 Å². The van der Waals surface area contributed by atoms with Gasteiger partial charge >= 0.3 is 5.97 Å². The standard InChI is InChI=1S/C75H137NO10/c1-4-7-10-13-16-19-22-25-27-29-31-33-34-35-36-37-39-41-43-45-48-51-54-57-60-63-70(80)86-73-72(82)71(81)69(64-77)85-75(73)84-65-66(67(78)61-58-55-52-49-46-24-21-18-15-12-9-6-3)76-74(83)68(79)62-59-56-53-50-47-44-42-40-38-32-30-28-26-23-20-17-14-11-8-5-2/h17,20,26,28,32,38,42,44,58,61,66-69,71-73,75,77-79,81-82H,4-16,18-19,21-25,27,29-31,33-37,39-41,43,45-57,59-60,62-65H2,1-3H3,(H,76,83)/b20-17-,28-26-,38-32-,44-42-,61-58+. The van der Waals surface area contributed by atoms with Crippen molar-refractivity contribution in [2.45, 2.75) is 391 Å². The lowest BCUT2D eigenvalue weighted by Crippen LogP contribution is -2.61. The third-order valence-electron chi connectivity index (χ3n) is 17.2. The van der Waals surface area contributed by atoms with E-state index in [1.165, 1.54) is 212 Å². The van der Waals surface area contributed by atoms with Crippen LogP contribution < -0.4 is 5.32 Å². The number of allylic oxidation sites excluding steroid dienone is 9. The average Bonchev–Trinajstić information content (AvgIpc) is 3.30. The van der Waals surface area contributed by atoms with Crippen molar-refractivity contribution in [2.24, 2.45) is 0 Å². The number of esters is 1. The van der Waals surface area contributed by atoms with Gasteiger partial charge in [-0.1, -0.05) is 326 Å². The number of unbranched alkanes of at least 4 members (excludes halogenated alkanes) is 41. The summed E-state index contributed by atoms with van der Waals surface area (Å²) in [6, 6.07) is -1.04. The molecule has 0 radical (unpaired) electrons. The Bertz CT molecular complexity index is 1630. The van der Waals surface area contributed by atoms with Gasteiger partial charge in [0.15, 0.2) is 12.4 Å². The Kier molecular flexibility index (Phi) is 59.2. The van der Waals surface area contributed by atoms with Gasteiger partial charge < -0.3 is 45.1 Å². The van der Waals surface area contributed by atoms with E-state index in [4.69, 9.17) is 14.2 Å². The molecule has 1 aliphatic heterocycles. The van der Waals surface area contributed by atoms with Crippen molar-refractivity contribution < 1.29 is 49.3 Å². The first-order valence-electron chi connectivity index (χ1n) is 36.6. The molecule has 11 heteroatoms. The van der Waals surface area contributed by atoms with Crippen molar-refractivity contribution in [3.63, 3.8) is 0 Å². The zero-order valence-electron chi connectivity index (χ0n) is 55.9. The number of ether oxygens (including phenoxy) is 3. The van der Waals surface area contributed by atoms with Crippen LogP contribution in [-0.4, -0.2) is 99.6 Å². The maximum Gasteiger partial charge on any atom is 0.306 e. The molecule has 0 aromatic heterocycles. The molecule has 86 heavy (non-hydrogen) atoms. The van der Waals surface area contributed by atoms with Crippen LogP contribution in [-0.2, 0) is 23.8 Å². The lowest BCUT2D eigenvalue weighted by molar-refractivity contribution is -0.305. The quantitative estimate of drug-likeness (QED) is 0.0195. The molecule has 1 heterocycles. The van der Waals surface area contributed by atoms with E-state index in [0.29, 0.717) is 12.8 Å². The van der Waals surface area contributed by atoms with E-state index in [1.807, 2.05) is 6.08 Å². The molecule has 8 unspecified atom stereocenters. The Morgan fingerprint density at radius 2 is 0.802 bits per heavy atom. The Morgan fingerprint density at radius 3 is 1.22 bits per heavy atom. The summed E-state index contributed by atoms with van der Waals surface area (Å²) in [5.74, 6) is -1.20. The first-order valence-corrected chi connectivity index (χ1v) is 36.6. The second kappa shape index (κ2) is 62.5. The minimum absolute atomic E-state index is 0.124. The largest absolute Gasteiger partial charge is 0.454 e. The maximum absolute atomic E-state index is 13.5. The molecule has 11 nitrogen and oxygen atoms in total. The highest BCUT2D eigenvalue weighted by Gasteiger charge is 2.47. The molecule has 1 aliphatic rings. The molecule has 0 spiro atoms. The van der Waals surface area contributed by atoms with E-state index in [-0.39, 0.29) is 19.4 Å². The summed E-state index contributed by atoms with van der Waals surface area (Å²) in [4.78, 5) is 26.7. The van der Waals surface area contributed by atoms with Gasteiger partial charge in [-0.2, -0.15) is 0 Å². The molecule has 0 aromatic carbocycles. The molecular weight excluding hydrogens is 1070 g/mol. The number of carbonyl (C=O) groups is 2. The molecule has 0 aromatic rings. The maximum atomic E-state index is 13.5. The summed E-state index contributed by atoms with van der Waals surface area (Å²) >= 11 is 0. The predicted molar refractivity (Wildman–Crippen MR) is 361 cm³/mol. The number of hydrogen-bond donors (Lipinski definition) is 6. The van der Waals surface area contributed by atoms with Crippen LogP contribution in [0.25, 0.3) is 0 Å². The highest BCUT2D eigenvalue weighted by Crippen LogP contribution is 2.26. The molecule has 6 N–H and O–H groups in total. The zero-order chi connectivity index (χ0) is 62.4. The molecule has 1 fully saturated rings. The van der Waals surface area contributed by atoms with E-state index in [9.17, 15) is 35.1 Å². The minimum Gasteiger partial charge on any atom is -0.454 e. The second-order valence-electron chi connectivity index (χ2n) is 25.3. The third kappa shape index (κ3) is 49.2. The molecule has 0 aliphatic carbocycles. The molecular formula is C75H137NO10. The normalized spacial score (nSPS) is 18.6. The van der Waals surface area contributed by atoms with Crippen LogP contribution in [0.15, 0.2) is 60.8 Å². The van der Waals surface area contributed by atoms with Gasteiger partial charge in [0.25, 0.3) is 0 Å². The Hall–Kier alpha value is -2.64. The molecule has 1 rings (SSSR count). The van der Waals surface area contributed by atoms with Gasteiger partial charge in [0.05, 0.1) is 25.4 Å². The highest BCUT2D eigenvalue weighted by molar-refractivity contribution is 5.80. The average molecular weight is 1210 g/mol. The Morgan fingerprint density at radius 1 is 0.453 bits per heavy atom. The van der Waals surface area contributed by atoms with E-state index in [2.05, 4.69) is 74.7 Å². The van der Waals surface area contributed by atoms with E-state index in [1.54, 1.807) is 6.08 Å². The summed E-state index contributed by atoms with van der Waals surface area (Å²) in [7, 11) is 0. The summed E-state index contributed by atoms with van der Waals surface area (Å²) in [5.41, 5.74) is 0. The van der Waals surface area contributed by atoms with Crippen molar-refractivity contribution in [3.05, 3.63) is 60.8 Å². The highest BCUT2D eigenvalue weighted by atomic mass is 16.7. The van der Waals surface area contributed by atoms with Gasteiger partial charge in [-0.3, -0.25) is 9.59 Å². The molecule has 1 saturated heterocycles. The third-order valence-corrected chi connectivity index (χ3v) is 17.2. The van der Waals surface area contributed by atoms with Crippen molar-refractivity contribution in [1.29, 1.82) is 0 Å². The van der Waals surface area contributed by atoms with Crippen molar-refractivity contribution in [1.82, 2.24) is 5.32 Å². The SMILES string of the molecule is CCCCC/C=C\C/C=C\C/C=C\C/C=C\CCCCCCC(O)C(=O)NC(COC1OC(CO)C(O)C(O)C1OC(=O)CCCCCCCCCCCCCCCCCCCCCCCCCCC)C(O)/C=C/CCCCCCCCCCCC. The number of aliphatic hydroxyl groups excluding tert-OH is 5. The number of aliphatic hydroxyl groups is 5. The van der Waals surface area contributed by atoms with Crippen LogP contribution in [0.2, 0.25) is 0 Å². The van der Waals surface area contributed by atoms with Crippen LogP contribution in [0.5, 0.6) is 0 Å². The summed E-state index contributed by atoms with van der Waals surface area (Å²) in [5, 5.41) is 57.2. The first kappa shape index (κ1) is 81.4. The van der Waals surface area contributed by atoms with Crippen molar-refractivity contribution in [3.8, 4) is 0 Å². The molecule has 0 bridgehead atoms. The second-order valence-corrected chi connectivity index (χ2v) is 25.3. The monoisotopic (exact) mass is 1210 g/mol. The van der Waals surface area contributed by atoms with Crippen molar-refractivity contribution >= 4 is 11.9 Å². The fourth-order valence-electron chi connectivity index (χ4n) is 11.4. The topological polar surface area (TPSA) is 175 Å².